The van der Waals surface area contributed by atoms with Gasteiger partial charge in [0.05, 0.1) is 18.3 Å². The zero-order valence-electron chi connectivity index (χ0n) is 16.8. The van der Waals surface area contributed by atoms with Gasteiger partial charge in [0.15, 0.2) is 5.82 Å². The molecule has 3 aliphatic rings. The third-order valence-electron chi connectivity index (χ3n) is 6.57. The van der Waals surface area contributed by atoms with Crippen LogP contribution in [0.1, 0.15) is 43.4 Å². The molecule has 2 saturated heterocycles. The second-order valence-corrected chi connectivity index (χ2v) is 8.35. The summed E-state index contributed by atoms with van der Waals surface area (Å²) >= 11 is 0. The maximum atomic E-state index is 12.9. The molecular weight excluding hydrogens is 364 g/mol. The summed E-state index contributed by atoms with van der Waals surface area (Å²) in [6.45, 7) is 3.09. The molecule has 0 bridgehead atoms. The number of likely N-dealkylation sites (tertiary alicyclic amines) is 1. The Kier molecular flexibility index (Phi) is 5.06. The van der Waals surface area contributed by atoms with Gasteiger partial charge in [0.1, 0.15) is 5.60 Å². The maximum Gasteiger partial charge on any atom is 0.239 e. The molecule has 1 N–H and O–H groups in total. The van der Waals surface area contributed by atoms with Gasteiger partial charge < -0.3 is 15.0 Å². The molecular formula is C23H28N4O2. The van der Waals surface area contributed by atoms with Crippen LogP contribution in [0.4, 0.5) is 0 Å². The van der Waals surface area contributed by atoms with Crippen LogP contribution in [0, 0.1) is 0 Å². The molecule has 1 aromatic heterocycles. The van der Waals surface area contributed by atoms with E-state index in [2.05, 4.69) is 10.3 Å². The van der Waals surface area contributed by atoms with Crippen molar-refractivity contribution in [1.82, 2.24) is 20.2 Å². The summed E-state index contributed by atoms with van der Waals surface area (Å²) in [5, 5.41) is 3.39. The molecule has 5 rings (SSSR count). The first kappa shape index (κ1) is 18.7. The van der Waals surface area contributed by atoms with E-state index in [0.717, 1.165) is 68.8 Å². The lowest BCUT2D eigenvalue weighted by Crippen LogP contribution is -2.54. The average Bonchev–Trinajstić information content (AvgIpc) is 2.80. The number of hydrogen-bond donors (Lipinski definition) is 1. The van der Waals surface area contributed by atoms with Crippen LogP contribution in [0.15, 0.2) is 36.5 Å². The number of piperidine rings is 2. The van der Waals surface area contributed by atoms with Crippen LogP contribution in [-0.2, 0) is 21.6 Å². The van der Waals surface area contributed by atoms with Gasteiger partial charge in [-0.25, -0.2) is 9.97 Å². The number of nitrogens with zero attached hydrogens (tertiary/aromatic N) is 3. The second kappa shape index (κ2) is 7.84. The number of fused-ring (bicyclic) bond motifs is 2. The second-order valence-electron chi connectivity index (χ2n) is 8.35. The Hall–Kier alpha value is -2.31. The van der Waals surface area contributed by atoms with Crippen molar-refractivity contribution in [2.45, 2.75) is 50.2 Å². The van der Waals surface area contributed by atoms with Gasteiger partial charge in [0.2, 0.25) is 5.91 Å². The van der Waals surface area contributed by atoms with Crippen LogP contribution in [0.3, 0.4) is 0 Å². The van der Waals surface area contributed by atoms with E-state index < -0.39 is 5.60 Å². The number of carbonyl (C=O) groups excluding carboxylic acids is 1. The molecule has 152 valence electrons. The van der Waals surface area contributed by atoms with Crippen LogP contribution in [0.5, 0.6) is 0 Å². The van der Waals surface area contributed by atoms with Crippen LogP contribution in [0.2, 0.25) is 0 Å². The molecule has 3 aliphatic heterocycles. The van der Waals surface area contributed by atoms with Crippen LogP contribution < -0.4 is 5.32 Å². The van der Waals surface area contributed by atoms with Gasteiger partial charge >= 0.3 is 0 Å². The van der Waals surface area contributed by atoms with Gasteiger partial charge in [-0.2, -0.15) is 0 Å². The summed E-state index contributed by atoms with van der Waals surface area (Å²) in [7, 11) is 0. The number of ether oxygens (including phenoxy) is 1. The van der Waals surface area contributed by atoms with Crippen LogP contribution >= 0.6 is 0 Å². The number of aromatic nitrogens is 2. The minimum atomic E-state index is -0.392. The number of nitrogens with one attached hydrogen (secondary N) is 1. The minimum absolute atomic E-state index is 0.00984. The number of hydrogen-bond acceptors (Lipinski definition) is 5. The molecule has 1 aromatic carbocycles. The van der Waals surface area contributed by atoms with Crippen molar-refractivity contribution < 1.29 is 9.53 Å². The average molecular weight is 393 g/mol. The fourth-order valence-electron chi connectivity index (χ4n) is 4.89. The maximum absolute atomic E-state index is 12.9. The van der Waals surface area contributed by atoms with E-state index in [1.165, 1.54) is 12.0 Å². The van der Waals surface area contributed by atoms with Crippen molar-refractivity contribution in [1.29, 1.82) is 0 Å². The summed E-state index contributed by atoms with van der Waals surface area (Å²) in [6.07, 6.45) is 7.66. The summed E-state index contributed by atoms with van der Waals surface area (Å²) in [5.41, 5.74) is 2.84. The van der Waals surface area contributed by atoms with Crippen molar-refractivity contribution in [2.75, 3.05) is 26.2 Å². The van der Waals surface area contributed by atoms with Crippen molar-refractivity contribution >= 4 is 5.91 Å². The van der Waals surface area contributed by atoms with E-state index in [-0.39, 0.29) is 11.9 Å². The van der Waals surface area contributed by atoms with E-state index in [1.54, 1.807) is 0 Å². The normalized spacial score (nSPS) is 23.6. The topological polar surface area (TPSA) is 67.4 Å². The fourth-order valence-corrected chi connectivity index (χ4v) is 4.89. The number of benzene rings is 1. The third kappa shape index (κ3) is 3.55. The highest BCUT2D eigenvalue weighted by Gasteiger charge is 2.44. The van der Waals surface area contributed by atoms with Crippen molar-refractivity contribution in [3.8, 4) is 11.4 Å². The zero-order chi connectivity index (χ0) is 19.7. The van der Waals surface area contributed by atoms with Crippen molar-refractivity contribution in [2.24, 2.45) is 0 Å². The van der Waals surface area contributed by atoms with Crippen molar-refractivity contribution in [3.05, 3.63) is 47.8 Å². The molecule has 0 aliphatic carbocycles. The van der Waals surface area contributed by atoms with E-state index in [4.69, 9.17) is 9.72 Å². The molecule has 1 amide bonds. The van der Waals surface area contributed by atoms with E-state index in [0.29, 0.717) is 6.61 Å². The van der Waals surface area contributed by atoms with Gasteiger partial charge in [-0.1, -0.05) is 36.8 Å². The standard InChI is InChI=1S/C23H28N4O2/c28-22(19-8-4-5-12-24-19)27-13-10-23(11-14-27)20-18(9-15-29-23)16-25-21(26-20)17-6-2-1-3-7-17/h1-3,6-7,16,19,24H,4-5,8-15H2. The molecule has 6 heteroatoms. The molecule has 2 aromatic rings. The molecule has 6 nitrogen and oxygen atoms in total. The Morgan fingerprint density at radius 2 is 2.00 bits per heavy atom. The SMILES string of the molecule is O=C(C1CCCCN1)N1CCC2(CC1)OCCc1cnc(-c3ccccc3)nc12. The number of rotatable bonds is 2. The number of carbonyl (C=O) groups is 1. The Balaban J connectivity index is 1.37. The molecule has 2 fully saturated rings. The Morgan fingerprint density at radius 1 is 1.17 bits per heavy atom. The number of amides is 1. The zero-order valence-corrected chi connectivity index (χ0v) is 16.8. The first-order chi connectivity index (χ1) is 14.3. The molecule has 1 atom stereocenters. The van der Waals surface area contributed by atoms with Gasteiger partial charge in [-0.05, 0) is 44.2 Å². The largest absolute Gasteiger partial charge is 0.368 e. The Bertz CT molecular complexity index is 872. The van der Waals surface area contributed by atoms with Crippen LogP contribution in [-0.4, -0.2) is 53.1 Å². The third-order valence-corrected chi connectivity index (χ3v) is 6.57. The summed E-state index contributed by atoms with van der Waals surface area (Å²) in [6, 6.07) is 10.1. The highest BCUT2D eigenvalue weighted by molar-refractivity contribution is 5.82. The summed E-state index contributed by atoms with van der Waals surface area (Å²) in [5.74, 6) is 1.00. The summed E-state index contributed by atoms with van der Waals surface area (Å²) in [4.78, 5) is 24.5. The summed E-state index contributed by atoms with van der Waals surface area (Å²) < 4.78 is 6.35. The first-order valence-electron chi connectivity index (χ1n) is 10.8. The van der Waals surface area contributed by atoms with E-state index in [9.17, 15) is 4.79 Å². The molecule has 0 saturated carbocycles. The lowest BCUT2D eigenvalue weighted by atomic mass is 9.83. The monoisotopic (exact) mass is 392 g/mol. The van der Waals surface area contributed by atoms with E-state index >= 15 is 0 Å². The fraction of sp³-hybridized carbons (Fsp3) is 0.522. The quantitative estimate of drug-likeness (QED) is 0.851. The molecule has 29 heavy (non-hydrogen) atoms. The van der Waals surface area contributed by atoms with Gasteiger partial charge in [0, 0.05) is 24.8 Å². The Morgan fingerprint density at radius 3 is 2.76 bits per heavy atom. The lowest BCUT2D eigenvalue weighted by Gasteiger charge is -2.44. The first-order valence-corrected chi connectivity index (χ1v) is 10.8. The van der Waals surface area contributed by atoms with E-state index in [1.807, 2.05) is 41.4 Å². The van der Waals surface area contributed by atoms with Crippen molar-refractivity contribution in [3.63, 3.8) is 0 Å². The van der Waals surface area contributed by atoms with Gasteiger partial charge in [-0.3, -0.25) is 4.79 Å². The van der Waals surface area contributed by atoms with Crippen LogP contribution in [0.25, 0.3) is 11.4 Å². The molecule has 1 spiro atoms. The Labute approximate surface area is 171 Å². The lowest BCUT2D eigenvalue weighted by molar-refractivity contribution is -0.143. The predicted molar refractivity (Wildman–Crippen MR) is 110 cm³/mol. The molecule has 0 radical (unpaired) electrons. The van der Waals surface area contributed by atoms with Gasteiger partial charge in [-0.15, -0.1) is 0 Å². The minimum Gasteiger partial charge on any atom is -0.368 e. The van der Waals surface area contributed by atoms with Gasteiger partial charge in [0.25, 0.3) is 0 Å². The molecule has 1 unspecified atom stereocenters. The highest BCUT2D eigenvalue weighted by atomic mass is 16.5. The molecule has 4 heterocycles. The smallest absolute Gasteiger partial charge is 0.239 e. The highest BCUT2D eigenvalue weighted by Crippen LogP contribution is 2.41. The predicted octanol–water partition coefficient (Wildman–Crippen LogP) is 2.68.